The van der Waals surface area contributed by atoms with E-state index in [0.717, 1.165) is 18.4 Å². The van der Waals surface area contributed by atoms with Crippen LogP contribution in [0.2, 0.25) is 5.02 Å². The largest absolute Gasteiger partial charge is 0.490 e. The van der Waals surface area contributed by atoms with Crippen LogP contribution in [0.25, 0.3) is 0 Å². The molecule has 1 aromatic carbocycles. The van der Waals surface area contributed by atoms with E-state index in [-0.39, 0.29) is 5.11 Å². The van der Waals surface area contributed by atoms with Gasteiger partial charge in [-0.05, 0) is 43.3 Å². The van der Waals surface area contributed by atoms with Gasteiger partial charge in [0.2, 0.25) is 0 Å². The van der Waals surface area contributed by atoms with Crippen molar-refractivity contribution >= 4 is 35.1 Å². The van der Waals surface area contributed by atoms with Crippen LogP contribution in [0.1, 0.15) is 32.3 Å². The van der Waals surface area contributed by atoms with E-state index < -0.39 is 0 Å². The number of unbranched alkanes of at least 4 members (excludes halogenated alkanes) is 1. The summed E-state index contributed by atoms with van der Waals surface area (Å²) in [6.45, 7) is 5.13. The molecule has 1 rings (SSSR count). The van der Waals surface area contributed by atoms with Crippen molar-refractivity contribution < 1.29 is 9.47 Å². The zero-order valence-electron chi connectivity index (χ0n) is 12.2. The Bertz CT molecular complexity index is 509. The van der Waals surface area contributed by atoms with Crippen molar-refractivity contribution in [1.82, 2.24) is 5.43 Å². The first-order valence-electron chi connectivity index (χ1n) is 6.76. The van der Waals surface area contributed by atoms with Gasteiger partial charge < -0.3 is 15.2 Å². The van der Waals surface area contributed by atoms with E-state index in [1.54, 1.807) is 18.3 Å². The van der Waals surface area contributed by atoms with Gasteiger partial charge in [-0.25, -0.2) is 0 Å². The molecule has 0 aliphatic rings. The van der Waals surface area contributed by atoms with Crippen LogP contribution in [0.15, 0.2) is 17.2 Å². The lowest BCUT2D eigenvalue weighted by Gasteiger charge is -2.14. The first kappa shape index (κ1) is 17.5. The van der Waals surface area contributed by atoms with Crippen molar-refractivity contribution in [2.75, 3.05) is 13.2 Å². The van der Waals surface area contributed by atoms with Crippen LogP contribution in [0.3, 0.4) is 0 Å². The van der Waals surface area contributed by atoms with Gasteiger partial charge in [-0.1, -0.05) is 24.9 Å². The molecule has 0 bridgehead atoms. The molecule has 7 heteroatoms. The molecule has 0 aliphatic carbocycles. The molecule has 0 spiro atoms. The van der Waals surface area contributed by atoms with Gasteiger partial charge in [-0.2, -0.15) is 5.10 Å². The summed E-state index contributed by atoms with van der Waals surface area (Å²) in [6, 6.07) is 3.55. The number of nitrogens with two attached hydrogens (primary N) is 1. The van der Waals surface area contributed by atoms with Crippen LogP contribution in [0.4, 0.5) is 0 Å². The fraction of sp³-hybridized carbons (Fsp3) is 0.429. The molecule has 0 fully saturated rings. The van der Waals surface area contributed by atoms with Crippen molar-refractivity contribution in [3.63, 3.8) is 0 Å². The van der Waals surface area contributed by atoms with Crippen molar-refractivity contribution in [3.05, 3.63) is 22.7 Å². The number of hydrogen-bond acceptors (Lipinski definition) is 4. The molecular formula is C14H20ClN3O2S. The van der Waals surface area contributed by atoms with E-state index >= 15 is 0 Å². The Labute approximate surface area is 135 Å². The quantitative estimate of drug-likeness (QED) is 0.332. The molecule has 0 heterocycles. The second-order valence-corrected chi connectivity index (χ2v) is 5.05. The maximum absolute atomic E-state index is 6.25. The summed E-state index contributed by atoms with van der Waals surface area (Å²) in [7, 11) is 0. The Morgan fingerprint density at radius 3 is 2.81 bits per heavy atom. The Morgan fingerprint density at radius 1 is 1.43 bits per heavy atom. The molecule has 0 saturated heterocycles. The van der Waals surface area contributed by atoms with Crippen LogP contribution < -0.4 is 20.6 Å². The van der Waals surface area contributed by atoms with Crippen LogP contribution in [0, 0.1) is 0 Å². The van der Waals surface area contributed by atoms with Gasteiger partial charge >= 0.3 is 0 Å². The highest BCUT2D eigenvalue weighted by Gasteiger charge is 2.12. The first-order chi connectivity index (χ1) is 10.1. The Balaban J connectivity index is 2.94. The number of rotatable bonds is 8. The number of hydrogen-bond donors (Lipinski definition) is 2. The normalized spacial score (nSPS) is 10.6. The number of ether oxygens (including phenoxy) is 2. The highest BCUT2D eigenvalue weighted by Crippen LogP contribution is 2.36. The zero-order chi connectivity index (χ0) is 15.7. The van der Waals surface area contributed by atoms with Gasteiger partial charge in [-0.3, -0.25) is 5.43 Å². The molecular weight excluding hydrogens is 310 g/mol. The molecule has 0 saturated carbocycles. The minimum absolute atomic E-state index is 0.0990. The molecule has 21 heavy (non-hydrogen) atoms. The lowest BCUT2D eigenvalue weighted by Crippen LogP contribution is -2.23. The van der Waals surface area contributed by atoms with Gasteiger partial charge in [-0.15, -0.1) is 0 Å². The zero-order valence-corrected chi connectivity index (χ0v) is 13.8. The Morgan fingerprint density at radius 2 is 2.19 bits per heavy atom. The first-order valence-corrected chi connectivity index (χ1v) is 7.54. The van der Waals surface area contributed by atoms with Crippen LogP contribution in [0.5, 0.6) is 11.5 Å². The SMILES string of the molecule is CCCCOc1c(Cl)cc(/C=N/NC(N)=S)cc1OCC. The van der Waals surface area contributed by atoms with Gasteiger partial charge in [0.1, 0.15) is 0 Å². The van der Waals surface area contributed by atoms with E-state index in [2.05, 4.69) is 29.7 Å². The lowest BCUT2D eigenvalue weighted by atomic mass is 10.2. The minimum atomic E-state index is 0.0990. The van der Waals surface area contributed by atoms with Crippen molar-refractivity contribution in [3.8, 4) is 11.5 Å². The molecule has 0 amide bonds. The second-order valence-electron chi connectivity index (χ2n) is 4.20. The predicted molar refractivity (Wildman–Crippen MR) is 90.5 cm³/mol. The van der Waals surface area contributed by atoms with Crippen molar-refractivity contribution in [1.29, 1.82) is 0 Å². The number of nitrogens with zero attached hydrogens (tertiary/aromatic N) is 1. The van der Waals surface area contributed by atoms with E-state index in [1.165, 1.54) is 0 Å². The third-order valence-electron chi connectivity index (χ3n) is 2.46. The number of thiocarbonyl (C=S) groups is 1. The lowest BCUT2D eigenvalue weighted by molar-refractivity contribution is 0.273. The predicted octanol–water partition coefficient (Wildman–Crippen LogP) is 3.08. The molecule has 0 unspecified atom stereocenters. The van der Waals surface area contributed by atoms with Gasteiger partial charge in [0.25, 0.3) is 0 Å². The summed E-state index contributed by atoms with van der Waals surface area (Å²) in [5, 5.41) is 4.47. The van der Waals surface area contributed by atoms with Crippen molar-refractivity contribution in [2.45, 2.75) is 26.7 Å². The average molecular weight is 330 g/mol. The molecule has 0 atom stereocenters. The number of benzene rings is 1. The minimum Gasteiger partial charge on any atom is -0.490 e. The van der Waals surface area contributed by atoms with Crippen LogP contribution >= 0.6 is 23.8 Å². The molecule has 5 nitrogen and oxygen atoms in total. The monoisotopic (exact) mass is 329 g/mol. The smallest absolute Gasteiger partial charge is 0.184 e. The summed E-state index contributed by atoms with van der Waals surface area (Å²) in [4.78, 5) is 0. The molecule has 0 radical (unpaired) electrons. The standard InChI is InChI=1S/C14H20ClN3O2S/c1-3-5-6-20-13-11(15)7-10(8-12(13)19-4-2)9-17-18-14(16)21/h7-9H,3-6H2,1-2H3,(H3,16,18,21)/b17-9+. The third kappa shape index (κ3) is 6.18. The molecule has 3 N–H and O–H groups in total. The maximum Gasteiger partial charge on any atom is 0.184 e. The average Bonchev–Trinajstić information content (AvgIpc) is 2.42. The highest BCUT2D eigenvalue weighted by molar-refractivity contribution is 7.80. The Hall–Kier alpha value is -1.53. The van der Waals surface area contributed by atoms with Gasteiger partial charge in [0, 0.05) is 0 Å². The molecule has 116 valence electrons. The number of nitrogens with one attached hydrogen (secondary N) is 1. The van der Waals surface area contributed by atoms with Gasteiger partial charge in [0.05, 0.1) is 24.5 Å². The summed E-state index contributed by atoms with van der Waals surface area (Å²) in [5.41, 5.74) is 8.54. The van der Waals surface area contributed by atoms with E-state index in [0.29, 0.717) is 29.7 Å². The van der Waals surface area contributed by atoms with E-state index in [9.17, 15) is 0 Å². The van der Waals surface area contributed by atoms with E-state index in [4.69, 9.17) is 26.8 Å². The highest BCUT2D eigenvalue weighted by atomic mass is 35.5. The fourth-order valence-corrected chi connectivity index (χ4v) is 1.88. The van der Waals surface area contributed by atoms with Gasteiger partial charge in [0.15, 0.2) is 16.6 Å². The van der Waals surface area contributed by atoms with E-state index in [1.807, 2.05) is 6.92 Å². The maximum atomic E-state index is 6.25. The number of halogens is 1. The summed E-state index contributed by atoms with van der Waals surface area (Å²) < 4.78 is 11.3. The molecule has 0 aromatic heterocycles. The molecule has 1 aromatic rings. The van der Waals surface area contributed by atoms with Crippen molar-refractivity contribution in [2.24, 2.45) is 10.8 Å². The third-order valence-corrected chi connectivity index (χ3v) is 2.84. The Kier molecular flexibility index (Phi) is 7.85. The molecule has 0 aliphatic heterocycles. The summed E-state index contributed by atoms with van der Waals surface area (Å²) in [6.07, 6.45) is 3.57. The number of hydrazone groups is 1. The topological polar surface area (TPSA) is 68.9 Å². The van der Waals surface area contributed by atoms with Crippen LogP contribution in [-0.2, 0) is 0 Å². The summed E-state index contributed by atoms with van der Waals surface area (Å²) in [5.74, 6) is 1.16. The summed E-state index contributed by atoms with van der Waals surface area (Å²) >= 11 is 10.9. The fourth-order valence-electron chi connectivity index (χ4n) is 1.55. The van der Waals surface area contributed by atoms with Crippen LogP contribution in [-0.4, -0.2) is 24.5 Å². The second kappa shape index (κ2) is 9.41.